The van der Waals surface area contributed by atoms with E-state index in [9.17, 15) is 4.39 Å². The van der Waals surface area contributed by atoms with Crippen LogP contribution >= 0.6 is 0 Å². The summed E-state index contributed by atoms with van der Waals surface area (Å²) in [5.74, 6) is 0.650. The third kappa shape index (κ3) is 3.58. The molecule has 0 fully saturated rings. The van der Waals surface area contributed by atoms with E-state index in [4.69, 9.17) is 10.5 Å². The van der Waals surface area contributed by atoms with Crippen molar-refractivity contribution >= 4 is 17.2 Å². The van der Waals surface area contributed by atoms with Gasteiger partial charge in [-0.15, -0.1) is 0 Å². The molecule has 0 saturated carbocycles. The van der Waals surface area contributed by atoms with E-state index in [0.717, 1.165) is 6.42 Å². The highest BCUT2D eigenvalue weighted by Gasteiger charge is 2.05. The average molecular weight is 261 g/mol. The zero-order valence-electron chi connectivity index (χ0n) is 10.7. The molecular weight excluding hydrogens is 245 g/mol. The third-order valence-electron chi connectivity index (χ3n) is 2.43. The zero-order valence-corrected chi connectivity index (χ0v) is 10.7. The fraction of sp³-hybridized carbons (Fsp3) is 0.214. The second-order valence-corrected chi connectivity index (χ2v) is 4.07. The molecular formula is C14H16FN3O. The smallest absolute Gasteiger partial charge is 0.239 e. The molecule has 100 valence electrons. The molecule has 4 nitrogen and oxygen atoms in total. The van der Waals surface area contributed by atoms with Gasteiger partial charge in [0, 0.05) is 5.69 Å². The Labute approximate surface area is 111 Å². The quantitative estimate of drug-likeness (QED) is 0.866. The van der Waals surface area contributed by atoms with Crippen molar-refractivity contribution in [2.75, 3.05) is 17.7 Å². The predicted molar refractivity (Wildman–Crippen MR) is 74.1 cm³/mol. The Morgan fingerprint density at radius 1 is 1.32 bits per heavy atom. The van der Waals surface area contributed by atoms with Gasteiger partial charge in [-0.3, -0.25) is 0 Å². The fourth-order valence-corrected chi connectivity index (χ4v) is 1.55. The standard InChI is InChI=1S/C14H16FN3O/c1-2-8-19-14-12(16)6-7-13(18-14)17-11-5-3-4-10(15)9-11/h3-7,9H,2,8,16H2,1H3,(H,17,18). The van der Waals surface area contributed by atoms with Crippen molar-refractivity contribution in [1.82, 2.24) is 4.98 Å². The number of nitrogen functional groups attached to an aromatic ring is 1. The highest BCUT2D eigenvalue weighted by molar-refractivity contribution is 5.60. The van der Waals surface area contributed by atoms with Gasteiger partial charge in [0.25, 0.3) is 0 Å². The molecule has 1 aromatic heterocycles. The first-order valence-corrected chi connectivity index (χ1v) is 6.11. The number of rotatable bonds is 5. The summed E-state index contributed by atoms with van der Waals surface area (Å²) in [6.45, 7) is 2.56. The normalized spacial score (nSPS) is 10.2. The second kappa shape index (κ2) is 6.04. The van der Waals surface area contributed by atoms with Crippen molar-refractivity contribution in [2.24, 2.45) is 0 Å². The molecule has 0 amide bonds. The molecule has 3 N–H and O–H groups in total. The SMILES string of the molecule is CCCOc1nc(Nc2cccc(F)c2)ccc1N. The van der Waals surface area contributed by atoms with Crippen molar-refractivity contribution in [2.45, 2.75) is 13.3 Å². The number of pyridine rings is 1. The van der Waals surface area contributed by atoms with E-state index in [1.165, 1.54) is 12.1 Å². The first-order valence-electron chi connectivity index (χ1n) is 6.11. The van der Waals surface area contributed by atoms with E-state index in [0.29, 0.717) is 29.7 Å². The van der Waals surface area contributed by atoms with E-state index in [1.807, 2.05) is 6.92 Å². The van der Waals surface area contributed by atoms with E-state index in [-0.39, 0.29) is 5.82 Å². The minimum Gasteiger partial charge on any atom is -0.476 e. The lowest BCUT2D eigenvalue weighted by molar-refractivity contribution is 0.307. The van der Waals surface area contributed by atoms with Gasteiger partial charge in [-0.05, 0) is 36.8 Å². The van der Waals surface area contributed by atoms with Gasteiger partial charge in [-0.1, -0.05) is 13.0 Å². The van der Waals surface area contributed by atoms with E-state index in [1.54, 1.807) is 24.3 Å². The van der Waals surface area contributed by atoms with Crippen LogP contribution in [-0.2, 0) is 0 Å². The van der Waals surface area contributed by atoms with Crippen molar-refractivity contribution in [1.29, 1.82) is 0 Å². The summed E-state index contributed by atoms with van der Waals surface area (Å²) in [5.41, 5.74) is 6.88. The molecule has 1 aromatic carbocycles. The average Bonchev–Trinajstić information content (AvgIpc) is 2.39. The number of ether oxygens (including phenoxy) is 1. The number of aromatic nitrogens is 1. The van der Waals surface area contributed by atoms with Gasteiger partial charge in [0.2, 0.25) is 5.88 Å². The molecule has 0 bridgehead atoms. The topological polar surface area (TPSA) is 60.2 Å². The third-order valence-corrected chi connectivity index (χ3v) is 2.43. The minimum atomic E-state index is -0.303. The van der Waals surface area contributed by atoms with Crippen molar-refractivity contribution < 1.29 is 9.13 Å². The lowest BCUT2D eigenvalue weighted by atomic mass is 10.3. The highest BCUT2D eigenvalue weighted by atomic mass is 19.1. The van der Waals surface area contributed by atoms with Crippen LogP contribution in [-0.4, -0.2) is 11.6 Å². The molecule has 0 spiro atoms. The van der Waals surface area contributed by atoms with Gasteiger partial charge >= 0.3 is 0 Å². The van der Waals surface area contributed by atoms with Crippen LogP contribution in [0.1, 0.15) is 13.3 Å². The van der Waals surface area contributed by atoms with Gasteiger partial charge in [0.05, 0.1) is 12.3 Å². The van der Waals surface area contributed by atoms with E-state index < -0.39 is 0 Å². The number of benzene rings is 1. The number of nitrogens with one attached hydrogen (secondary N) is 1. The van der Waals surface area contributed by atoms with Crippen LogP contribution in [0, 0.1) is 5.82 Å². The fourth-order valence-electron chi connectivity index (χ4n) is 1.55. The zero-order chi connectivity index (χ0) is 13.7. The maximum absolute atomic E-state index is 13.1. The first kappa shape index (κ1) is 13.1. The molecule has 5 heteroatoms. The lowest BCUT2D eigenvalue weighted by Crippen LogP contribution is -2.03. The van der Waals surface area contributed by atoms with Gasteiger partial charge in [0.1, 0.15) is 11.6 Å². The predicted octanol–water partition coefficient (Wildman–Crippen LogP) is 3.34. The Bertz CT molecular complexity index is 560. The van der Waals surface area contributed by atoms with Crippen LogP contribution in [0.15, 0.2) is 36.4 Å². The maximum Gasteiger partial charge on any atom is 0.239 e. The van der Waals surface area contributed by atoms with E-state index >= 15 is 0 Å². The van der Waals surface area contributed by atoms with Gasteiger partial charge < -0.3 is 15.8 Å². The van der Waals surface area contributed by atoms with Crippen molar-refractivity contribution in [3.8, 4) is 5.88 Å². The molecule has 0 aliphatic rings. The largest absolute Gasteiger partial charge is 0.476 e. The maximum atomic E-state index is 13.1. The number of hydrogen-bond donors (Lipinski definition) is 2. The number of anilines is 3. The summed E-state index contributed by atoms with van der Waals surface area (Å²) in [6.07, 6.45) is 0.878. The molecule has 1 heterocycles. The summed E-state index contributed by atoms with van der Waals surface area (Å²) in [4.78, 5) is 4.25. The lowest BCUT2D eigenvalue weighted by Gasteiger charge is -2.10. The molecule has 0 radical (unpaired) electrons. The van der Waals surface area contributed by atoms with E-state index in [2.05, 4.69) is 10.3 Å². The monoisotopic (exact) mass is 261 g/mol. The van der Waals surface area contributed by atoms with Crippen LogP contribution in [0.4, 0.5) is 21.6 Å². The second-order valence-electron chi connectivity index (χ2n) is 4.07. The Morgan fingerprint density at radius 3 is 2.89 bits per heavy atom. The molecule has 2 rings (SSSR count). The number of hydrogen-bond acceptors (Lipinski definition) is 4. The van der Waals surface area contributed by atoms with Crippen LogP contribution < -0.4 is 15.8 Å². The van der Waals surface area contributed by atoms with Gasteiger partial charge in [-0.25, -0.2) is 4.39 Å². The number of nitrogens with two attached hydrogens (primary N) is 1. The minimum absolute atomic E-state index is 0.303. The van der Waals surface area contributed by atoms with Crippen LogP contribution in [0.5, 0.6) is 5.88 Å². The number of nitrogens with zero attached hydrogens (tertiary/aromatic N) is 1. The van der Waals surface area contributed by atoms with Crippen molar-refractivity contribution in [3.63, 3.8) is 0 Å². The molecule has 19 heavy (non-hydrogen) atoms. The first-order chi connectivity index (χ1) is 9.19. The van der Waals surface area contributed by atoms with Gasteiger partial charge in [-0.2, -0.15) is 4.98 Å². The number of halogens is 1. The molecule has 0 aliphatic carbocycles. The van der Waals surface area contributed by atoms with Crippen LogP contribution in [0.2, 0.25) is 0 Å². The summed E-state index contributed by atoms with van der Waals surface area (Å²) < 4.78 is 18.5. The summed E-state index contributed by atoms with van der Waals surface area (Å²) in [6, 6.07) is 9.60. The van der Waals surface area contributed by atoms with Crippen molar-refractivity contribution in [3.05, 3.63) is 42.2 Å². The molecule has 2 aromatic rings. The summed E-state index contributed by atoms with van der Waals surface area (Å²) in [7, 11) is 0. The highest BCUT2D eigenvalue weighted by Crippen LogP contribution is 2.23. The molecule has 0 atom stereocenters. The summed E-state index contributed by atoms with van der Waals surface area (Å²) in [5, 5.41) is 3.00. The molecule has 0 saturated heterocycles. The Kier molecular flexibility index (Phi) is 4.18. The van der Waals surface area contributed by atoms with Crippen LogP contribution in [0.3, 0.4) is 0 Å². The summed E-state index contributed by atoms with van der Waals surface area (Å²) >= 11 is 0. The molecule has 0 unspecified atom stereocenters. The van der Waals surface area contributed by atoms with Gasteiger partial charge in [0.15, 0.2) is 0 Å². The Balaban J connectivity index is 2.16. The van der Waals surface area contributed by atoms with Crippen LogP contribution in [0.25, 0.3) is 0 Å². The Morgan fingerprint density at radius 2 is 2.16 bits per heavy atom. The molecule has 0 aliphatic heterocycles. The Hall–Kier alpha value is -2.30.